The topological polar surface area (TPSA) is 29.1 Å². The summed E-state index contributed by atoms with van der Waals surface area (Å²) < 4.78 is 0. The quantitative estimate of drug-likeness (QED) is 0.818. The van der Waals surface area contributed by atoms with Crippen molar-refractivity contribution >= 4 is 17.5 Å². The predicted molar refractivity (Wildman–Crippen MR) is 80.0 cm³/mol. The first-order valence-corrected chi connectivity index (χ1v) is 7.62. The van der Waals surface area contributed by atoms with E-state index >= 15 is 0 Å². The van der Waals surface area contributed by atoms with Gasteiger partial charge in [-0.1, -0.05) is 13.0 Å². The van der Waals surface area contributed by atoms with Gasteiger partial charge in [-0.05, 0) is 62.3 Å². The standard InChI is InChI=1S/C16H22ClNO/c1-3-16(2,9-10-17)18-15(19)14-8-7-12-5-4-6-13(12)11-14/h7-8,11H,3-6,9-10H2,1-2H3,(H,18,19). The van der Waals surface area contributed by atoms with E-state index in [0.717, 1.165) is 31.2 Å². The third kappa shape index (κ3) is 3.30. The van der Waals surface area contributed by atoms with Crippen LogP contribution >= 0.6 is 11.6 Å². The average molecular weight is 280 g/mol. The van der Waals surface area contributed by atoms with Crippen molar-refractivity contribution in [2.45, 2.75) is 51.5 Å². The first kappa shape index (κ1) is 14.4. The van der Waals surface area contributed by atoms with Crippen LogP contribution in [0, 0.1) is 0 Å². The van der Waals surface area contributed by atoms with E-state index in [-0.39, 0.29) is 11.4 Å². The highest BCUT2D eigenvalue weighted by molar-refractivity contribution is 6.17. The van der Waals surface area contributed by atoms with Gasteiger partial charge in [0.1, 0.15) is 0 Å². The Morgan fingerprint density at radius 1 is 1.37 bits per heavy atom. The molecular weight excluding hydrogens is 258 g/mol. The van der Waals surface area contributed by atoms with E-state index in [4.69, 9.17) is 11.6 Å². The lowest BCUT2D eigenvalue weighted by Gasteiger charge is -2.29. The number of hydrogen-bond donors (Lipinski definition) is 1. The number of benzene rings is 1. The SMILES string of the molecule is CCC(C)(CCCl)NC(=O)c1ccc2c(c1)CCC2. The van der Waals surface area contributed by atoms with Crippen LogP contribution in [0.3, 0.4) is 0 Å². The molecular formula is C16H22ClNO. The molecule has 1 amide bonds. The smallest absolute Gasteiger partial charge is 0.251 e. The minimum atomic E-state index is -0.210. The molecule has 0 aliphatic heterocycles. The predicted octanol–water partition coefficient (Wildman–Crippen LogP) is 3.70. The molecule has 1 atom stereocenters. The summed E-state index contributed by atoms with van der Waals surface area (Å²) in [5, 5.41) is 3.13. The second kappa shape index (κ2) is 5.96. The molecule has 19 heavy (non-hydrogen) atoms. The Morgan fingerprint density at radius 2 is 2.11 bits per heavy atom. The van der Waals surface area contributed by atoms with Gasteiger partial charge in [-0.2, -0.15) is 0 Å². The highest BCUT2D eigenvalue weighted by Gasteiger charge is 2.24. The average Bonchev–Trinajstić information content (AvgIpc) is 2.86. The molecule has 104 valence electrons. The van der Waals surface area contributed by atoms with Gasteiger partial charge in [0.05, 0.1) is 0 Å². The van der Waals surface area contributed by atoms with E-state index in [1.165, 1.54) is 17.5 Å². The molecule has 0 radical (unpaired) electrons. The van der Waals surface area contributed by atoms with E-state index in [1.54, 1.807) is 0 Å². The fourth-order valence-corrected chi connectivity index (χ4v) is 3.01. The maximum absolute atomic E-state index is 12.3. The monoisotopic (exact) mass is 279 g/mol. The molecule has 0 saturated heterocycles. The largest absolute Gasteiger partial charge is 0.347 e. The van der Waals surface area contributed by atoms with Crippen molar-refractivity contribution in [2.24, 2.45) is 0 Å². The first-order chi connectivity index (χ1) is 9.08. The molecule has 1 N–H and O–H groups in total. The summed E-state index contributed by atoms with van der Waals surface area (Å²) in [6.45, 7) is 4.14. The number of amides is 1. The first-order valence-electron chi connectivity index (χ1n) is 7.08. The number of aryl methyl sites for hydroxylation is 2. The van der Waals surface area contributed by atoms with Gasteiger partial charge in [0.2, 0.25) is 0 Å². The Hall–Kier alpha value is -1.02. The van der Waals surface area contributed by atoms with Crippen LogP contribution in [-0.2, 0) is 12.8 Å². The zero-order valence-corrected chi connectivity index (χ0v) is 12.5. The second-order valence-corrected chi connectivity index (χ2v) is 6.02. The van der Waals surface area contributed by atoms with Gasteiger partial charge >= 0.3 is 0 Å². The third-order valence-electron chi connectivity index (χ3n) is 4.20. The molecule has 0 heterocycles. The van der Waals surface area contributed by atoms with Crippen LogP contribution in [0.5, 0.6) is 0 Å². The fourth-order valence-electron chi connectivity index (χ4n) is 2.60. The van der Waals surface area contributed by atoms with E-state index in [1.807, 2.05) is 6.07 Å². The van der Waals surface area contributed by atoms with Crippen molar-refractivity contribution in [1.29, 1.82) is 0 Å². The Morgan fingerprint density at radius 3 is 2.79 bits per heavy atom. The normalized spacial score (nSPS) is 16.8. The number of carbonyl (C=O) groups is 1. The Kier molecular flexibility index (Phi) is 4.51. The van der Waals surface area contributed by atoms with Gasteiger partial charge in [0.25, 0.3) is 5.91 Å². The molecule has 0 fully saturated rings. The molecule has 1 aromatic carbocycles. The van der Waals surface area contributed by atoms with Crippen LogP contribution in [0.4, 0.5) is 0 Å². The van der Waals surface area contributed by atoms with Gasteiger partial charge in [-0.15, -0.1) is 11.6 Å². The molecule has 2 rings (SSSR count). The molecule has 1 aliphatic carbocycles. The lowest BCUT2D eigenvalue weighted by Crippen LogP contribution is -2.45. The number of fused-ring (bicyclic) bond motifs is 1. The van der Waals surface area contributed by atoms with Gasteiger partial charge in [-0.3, -0.25) is 4.79 Å². The van der Waals surface area contributed by atoms with Crippen molar-refractivity contribution in [3.8, 4) is 0 Å². The number of halogens is 1. The van der Waals surface area contributed by atoms with Crippen LogP contribution in [0.2, 0.25) is 0 Å². The van der Waals surface area contributed by atoms with E-state index in [0.29, 0.717) is 5.88 Å². The van der Waals surface area contributed by atoms with Crippen molar-refractivity contribution in [2.75, 3.05) is 5.88 Å². The van der Waals surface area contributed by atoms with Crippen LogP contribution in [-0.4, -0.2) is 17.3 Å². The van der Waals surface area contributed by atoms with E-state index in [2.05, 4.69) is 31.3 Å². The van der Waals surface area contributed by atoms with Gasteiger partial charge in [0.15, 0.2) is 0 Å². The maximum Gasteiger partial charge on any atom is 0.251 e. The fraction of sp³-hybridized carbons (Fsp3) is 0.562. The Balaban J connectivity index is 2.11. The van der Waals surface area contributed by atoms with Crippen molar-refractivity contribution < 1.29 is 4.79 Å². The minimum absolute atomic E-state index is 0.0177. The molecule has 0 saturated carbocycles. The summed E-state index contributed by atoms with van der Waals surface area (Å²) in [5.41, 5.74) is 3.30. The Labute approximate surface area is 120 Å². The summed E-state index contributed by atoms with van der Waals surface area (Å²) in [6.07, 6.45) is 5.14. The molecule has 1 aromatic rings. The van der Waals surface area contributed by atoms with Gasteiger partial charge < -0.3 is 5.32 Å². The third-order valence-corrected chi connectivity index (χ3v) is 4.39. The zero-order chi connectivity index (χ0) is 13.9. The summed E-state index contributed by atoms with van der Waals surface area (Å²) in [5.74, 6) is 0.582. The highest BCUT2D eigenvalue weighted by atomic mass is 35.5. The van der Waals surface area contributed by atoms with Gasteiger partial charge in [-0.25, -0.2) is 0 Å². The highest BCUT2D eigenvalue weighted by Crippen LogP contribution is 2.23. The summed E-state index contributed by atoms with van der Waals surface area (Å²) in [4.78, 5) is 12.3. The molecule has 3 heteroatoms. The molecule has 2 nitrogen and oxygen atoms in total. The van der Waals surface area contributed by atoms with E-state index < -0.39 is 0 Å². The molecule has 0 bridgehead atoms. The van der Waals surface area contributed by atoms with Crippen LogP contribution in [0.1, 0.15) is 54.6 Å². The number of rotatable bonds is 5. The molecule has 1 unspecified atom stereocenters. The molecule has 1 aliphatic rings. The zero-order valence-electron chi connectivity index (χ0n) is 11.8. The number of alkyl halides is 1. The maximum atomic E-state index is 12.3. The van der Waals surface area contributed by atoms with Crippen molar-refractivity contribution in [1.82, 2.24) is 5.32 Å². The van der Waals surface area contributed by atoms with Crippen LogP contribution < -0.4 is 5.32 Å². The lowest BCUT2D eigenvalue weighted by atomic mass is 9.94. The number of carbonyl (C=O) groups excluding carboxylic acids is 1. The number of hydrogen-bond acceptors (Lipinski definition) is 1. The molecule has 0 spiro atoms. The Bertz CT molecular complexity index is 472. The van der Waals surface area contributed by atoms with Crippen molar-refractivity contribution in [3.05, 3.63) is 34.9 Å². The van der Waals surface area contributed by atoms with Crippen LogP contribution in [0.25, 0.3) is 0 Å². The van der Waals surface area contributed by atoms with E-state index in [9.17, 15) is 4.79 Å². The van der Waals surface area contributed by atoms with Crippen LogP contribution in [0.15, 0.2) is 18.2 Å². The van der Waals surface area contributed by atoms with Gasteiger partial charge in [0, 0.05) is 17.0 Å². The summed E-state index contributed by atoms with van der Waals surface area (Å²) in [6, 6.07) is 6.09. The number of nitrogens with one attached hydrogen (secondary N) is 1. The summed E-state index contributed by atoms with van der Waals surface area (Å²) in [7, 11) is 0. The lowest BCUT2D eigenvalue weighted by molar-refractivity contribution is 0.0901. The minimum Gasteiger partial charge on any atom is -0.347 e. The molecule has 0 aromatic heterocycles. The van der Waals surface area contributed by atoms with Crippen molar-refractivity contribution in [3.63, 3.8) is 0 Å². The summed E-state index contributed by atoms with van der Waals surface area (Å²) >= 11 is 5.82. The second-order valence-electron chi connectivity index (χ2n) is 5.64.